The number of nitrogens with zero attached hydrogens (tertiary/aromatic N) is 4. The van der Waals surface area contributed by atoms with E-state index in [1.54, 1.807) is 24.3 Å². The first-order valence-electron chi connectivity index (χ1n) is 13.2. The number of benzene rings is 4. The van der Waals surface area contributed by atoms with E-state index in [0.29, 0.717) is 40.5 Å². The van der Waals surface area contributed by atoms with Crippen LogP contribution in [0, 0.1) is 0 Å². The van der Waals surface area contributed by atoms with Gasteiger partial charge in [0.1, 0.15) is 0 Å². The zero-order valence-corrected chi connectivity index (χ0v) is 23.6. The number of carbonyl (C=O) groups excluding carboxylic acids is 2. The molecule has 206 valence electrons. The highest BCUT2D eigenvalue weighted by atomic mass is 35.5. The van der Waals surface area contributed by atoms with Gasteiger partial charge in [0.05, 0.1) is 5.75 Å². The summed E-state index contributed by atoms with van der Waals surface area (Å²) in [5.41, 5.74) is 3.19. The number of hydrogen-bond donors (Lipinski definition) is 1. The molecule has 2 amide bonds. The molecule has 0 saturated carbocycles. The Morgan fingerprint density at radius 1 is 0.854 bits per heavy atom. The summed E-state index contributed by atoms with van der Waals surface area (Å²) in [6.45, 7) is 2.69. The first-order valence-corrected chi connectivity index (χ1v) is 14.5. The average molecular weight is 584 g/mol. The van der Waals surface area contributed by atoms with Gasteiger partial charge in [-0.05, 0) is 65.4 Å². The Kier molecular flexibility index (Phi) is 7.89. The van der Waals surface area contributed by atoms with Crippen LogP contribution in [0.2, 0.25) is 5.02 Å². The quantitative estimate of drug-likeness (QED) is 0.227. The van der Waals surface area contributed by atoms with Crippen molar-refractivity contribution in [3.63, 3.8) is 0 Å². The molecular weight excluding hydrogens is 558 g/mol. The summed E-state index contributed by atoms with van der Waals surface area (Å²) in [5.74, 6) is 0.391. The van der Waals surface area contributed by atoms with Crippen LogP contribution in [0.4, 0.5) is 11.4 Å². The van der Waals surface area contributed by atoms with Crippen molar-refractivity contribution in [2.24, 2.45) is 0 Å². The summed E-state index contributed by atoms with van der Waals surface area (Å²) in [5, 5.41) is 14.3. The second-order valence-corrected chi connectivity index (χ2v) is 11.0. The summed E-state index contributed by atoms with van der Waals surface area (Å²) >= 11 is 7.24. The second-order valence-electron chi connectivity index (χ2n) is 9.61. The van der Waals surface area contributed by atoms with E-state index in [1.807, 2.05) is 65.6 Å². The van der Waals surface area contributed by atoms with Gasteiger partial charge in [0.25, 0.3) is 11.1 Å². The number of nitrogens with one attached hydrogen (secondary N) is 1. The van der Waals surface area contributed by atoms with Crippen LogP contribution in [0.1, 0.15) is 10.4 Å². The molecule has 0 atom stereocenters. The maximum absolute atomic E-state index is 12.8. The predicted molar refractivity (Wildman–Crippen MR) is 163 cm³/mol. The lowest BCUT2D eigenvalue weighted by Crippen LogP contribution is -2.48. The van der Waals surface area contributed by atoms with Crippen molar-refractivity contribution >= 4 is 57.3 Å². The Morgan fingerprint density at radius 3 is 2.41 bits per heavy atom. The molecule has 0 bridgehead atoms. The molecule has 6 rings (SSSR count). The Hall–Kier alpha value is -4.34. The van der Waals surface area contributed by atoms with Crippen LogP contribution in [0.5, 0.6) is 0 Å². The van der Waals surface area contributed by atoms with E-state index in [-0.39, 0.29) is 17.6 Å². The molecule has 1 N–H and O–H groups in total. The van der Waals surface area contributed by atoms with E-state index in [0.717, 1.165) is 35.1 Å². The van der Waals surface area contributed by atoms with Crippen molar-refractivity contribution in [3.8, 4) is 11.5 Å². The standard InChI is InChI=1S/C31H26ClN5O3S/c32-25-7-3-6-24(19-25)30(39)37-16-14-36(15-17-37)27-12-10-26(11-13-27)33-28(38)20-41-31-35-34-29(40-31)23-9-8-21-4-1-2-5-22(21)18-23/h1-13,18-19H,14-17,20H2,(H,33,38). The van der Waals surface area contributed by atoms with Crippen molar-refractivity contribution in [1.82, 2.24) is 15.1 Å². The van der Waals surface area contributed by atoms with Crippen LogP contribution in [0.15, 0.2) is 101 Å². The number of anilines is 2. The zero-order valence-electron chi connectivity index (χ0n) is 22.0. The third-order valence-corrected chi connectivity index (χ3v) is 7.94. The Morgan fingerprint density at radius 2 is 1.63 bits per heavy atom. The fraction of sp³-hybridized carbons (Fsp3) is 0.161. The molecule has 0 spiro atoms. The van der Waals surface area contributed by atoms with Gasteiger partial charge in [0.2, 0.25) is 11.8 Å². The molecule has 41 heavy (non-hydrogen) atoms. The molecule has 2 heterocycles. The fourth-order valence-electron chi connectivity index (χ4n) is 4.76. The fourth-order valence-corrected chi connectivity index (χ4v) is 5.51. The predicted octanol–water partition coefficient (Wildman–Crippen LogP) is 6.24. The molecule has 10 heteroatoms. The number of rotatable bonds is 7. The van der Waals surface area contributed by atoms with Gasteiger partial charge in [-0.2, -0.15) is 0 Å². The van der Waals surface area contributed by atoms with Gasteiger partial charge < -0.3 is 19.5 Å². The van der Waals surface area contributed by atoms with Gasteiger partial charge in [0.15, 0.2) is 0 Å². The van der Waals surface area contributed by atoms with Crippen LogP contribution in [-0.4, -0.2) is 58.8 Å². The Balaban J connectivity index is 0.982. The maximum atomic E-state index is 12.8. The highest BCUT2D eigenvalue weighted by Gasteiger charge is 2.22. The molecule has 4 aromatic carbocycles. The van der Waals surface area contributed by atoms with Crippen molar-refractivity contribution in [1.29, 1.82) is 0 Å². The lowest BCUT2D eigenvalue weighted by Gasteiger charge is -2.36. The molecule has 0 aliphatic carbocycles. The molecule has 1 aliphatic heterocycles. The summed E-state index contributed by atoms with van der Waals surface area (Å²) < 4.78 is 5.78. The highest BCUT2D eigenvalue weighted by molar-refractivity contribution is 7.99. The topological polar surface area (TPSA) is 91.6 Å². The zero-order chi connectivity index (χ0) is 28.2. The number of aromatic nitrogens is 2. The van der Waals surface area contributed by atoms with Crippen LogP contribution >= 0.6 is 23.4 Å². The normalized spacial score (nSPS) is 13.4. The minimum atomic E-state index is -0.165. The smallest absolute Gasteiger partial charge is 0.277 e. The minimum absolute atomic E-state index is 0.00600. The van der Waals surface area contributed by atoms with E-state index < -0.39 is 0 Å². The molecule has 1 fully saturated rings. The lowest BCUT2D eigenvalue weighted by atomic mass is 10.1. The van der Waals surface area contributed by atoms with Gasteiger partial charge in [-0.1, -0.05) is 59.8 Å². The van der Waals surface area contributed by atoms with E-state index in [4.69, 9.17) is 16.0 Å². The van der Waals surface area contributed by atoms with Gasteiger partial charge in [-0.15, -0.1) is 10.2 Å². The summed E-state index contributed by atoms with van der Waals surface area (Å²) in [6, 6.07) is 28.8. The SMILES string of the molecule is O=C(CSc1nnc(-c2ccc3ccccc3c2)o1)Nc1ccc(N2CCN(C(=O)c3cccc(Cl)c3)CC2)cc1. The van der Waals surface area contributed by atoms with Crippen LogP contribution in [0.25, 0.3) is 22.2 Å². The van der Waals surface area contributed by atoms with E-state index >= 15 is 0 Å². The second kappa shape index (κ2) is 12.0. The minimum Gasteiger partial charge on any atom is -0.411 e. The number of fused-ring (bicyclic) bond motifs is 1. The Labute approximate surface area is 246 Å². The molecule has 5 aromatic rings. The van der Waals surface area contributed by atoms with Gasteiger partial charge >= 0.3 is 0 Å². The highest BCUT2D eigenvalue weighted by Crippen LogP contribution is 2.27. The summed E-state index contributed by atoms with van der Waals surface area (Å²) in [6.07, 6.45) is 0. The molecule has 1 aromatic heterocycles. The molecule has 1 saturated heterocycles. The third-order valence-electron chi connectivity index (χ3n) is 6.88. The van der Waals surface area contributed by atoms with Gasteiger partial charge in [-0.25, -0.2) is 0 Å². The monoisotopic (exact) mass is 583 g/mol. The van der Waals surface area contributed by atoms with Crippen molar-refractivity contribution in [2.75, 3.05) is 42.1 Å². The third kappa shape index (κ3) is 6.37. The molecule has 0 radical (unpaired) electrons. The Bertz CT molecular complexity index is 1700. The first kappa shape index (κ1) is 26.9. The first-order chi connectivity index (χ1) is 20.0. The number of hydrogen-bond acceptors (Lipinski definition) is 7. The van der Waals surface area contributed by atoms with Gasteiger partial charge in [0, 0.05) is 53.7 Å². The van der Waals surface area contributed by atoms with Crippen molar-refractivity contribution in [3.05, 3.63) is 102 Å². The van der Waals surface area contributed by atoms with Crippen LogP contribution < -0.4 is 10.2 Å². The maximum Gasteiger partial charge on any atom is 0.277 e. The largest absolute Gasteiger partial charge is 0.411 e. The number of carbonyl (C=O) groups is 2. The molecule has 0 unspecified atom stereocenters. The average Bonchev–Trinajstić information content (AvgIpc) is 3.49. The van der Waals surface area contributed by atoms with E-state index in [2.05, 4.69) is 26.5 Å². The molecular formula is C31H26ClN5O3S. The summed E-state index contributed by atoms with van der Waals surface area (Å²) in [4.78, 5) is 29.4. The van der Waals surface area contributed by atoms with Crippen LogP contribution in [0.3, 0.4) is 0 Å². The van der Waals surface area contributed by atoms with Gasteiger partial charge in [-0.3, -0.25) is 9.59 Å². The number of halogens is 1. The van der Waals surface area contributed by atoms with E-state index in [1.165, 1.54) is 11.8 Å². The summed E-state index contributed by atoms with van der Waals surface area (Å²) in [7, 11) is 0. The van der Waals surface area contributed by atoms with Crippen molar-refractivity contribution in [2.45, 2.75) is 5.22 Å². The number of piperazine rings is 1. The lowest BCUT2D eigenvalue weighted by molar-refractivity contribution is -0.113. The van der Waals surface area contributed by atoms with Crippen molar-refractivity contribution < 1.29 is 14.0 Å². The number of amides is 2. The molecule has 1 aliphatic rings. The molecule has 8 nitrogen and oxygen atoms in total. The van der Waals surface area contributed by atoms with E-state index in [9.17, 15) is 9.59 Å². The number of thioether (sulfide) groups is 1. The van der Waals surface area contributed by atoms with Crippen LogP contribution in [-0.2, 0) is 4.79 Å².